The molecule has 176 valence electrons. The predicted octanol–water partition coefficient (Wildman–Crippen LogP) is 5.03. The minimum atomic E-state index is -1.68. The van der Waals surface area contributed by atoms with E-state index < -0.39 is 17.8 Å². The van der Waals surface area contributed by atoms with E-state index in [2.05, 4.69) is 0 Å². The molecule has 2 aliphatic heterocycles. The van der Waals surface area contributed by atoms with Gasteiger partial charge >= 0.3 is 0 Å². The third-order valence-electron chi connectivity index (χ3n) is 6.26. The maximum Gasteiger partial charge on any atom is 0.241 e. The average Bonchev–Trinajstić information content (AvgIpc) is 2.81. The van der Waals surface area contributed by atoms with Crippen LogP contribution in [0.15, 0.2) is 35.8 Å². The van der Waals surface area contributed by atoms with Crippen LogP contribution in [0.5, 0.6) is 23.0 Å². The van der Waals surface area contributed by atoms with Crippen molar-refractivity contribution in [2.24, 2.45) is 5.92 Å². The zero-order valence-corrected chi connectivity index (χ0v) is 20.0. The Morgan fingerprint density at radius 3 is 1.91 bits per heavy atom. The average molecular weight is 455 g/mol. The van der Waals surface area contributed by atoms with Gasteiger partial charge in [0.1, 0.15) is 6.10 Å². The van der Waals surface area contributed by atoms with Crippen LogP contribution in [-0.2, 0) is 15.3 Å². The second-order valence-electron chi connectivity index (χ2n) is 8.27. The highest BCUT2D eigenvalue weighted by Gasteiger charge is 2.48. The van der Waals surface area contributed by atoms with Crippen molar-refractivity contribution in [1.29, 1.82) is 0 Å². The Kier molecular flexibility index (Phi) is 5.93. The second kappa shape index (κ2) is 8.56. The number of rotatable bonds is 6. The minimum Gasteiger partial charge on any atom is -0.493 e. The Hall–Kier alpha value is -3.32. The van der Waals surface area contributed by atoms with Crippen LogP contribution >= 0.6 is 0 Å². The van der Waals surface area contributed by atoms with E-state index in [0.29, 0.717) is 34.3 Å². The Morgan fingerprint density at radius 2 is 1.30 bits per heavy atom. The van der Waals surface area contributed by atoms with Crippen molar-refractivity contribution in [3.05, 3.63) is 58.0 Å². The van der Waals surface area contributed by atoms with Crippen molar-refractivity contribution in [3.8, 4) is 23.0 Å². The first-order chi connectivity index (χ1) is 15.7. The zero-order chi connectivity index (χ0) is 23.9. The maximum atomic E-state index is 12.0. The molecule has 7 nitrogen and oxygen atoms in total. The summed E-state index contributed by atoms with van der Waals surface area (Å²) >= 11 is 0. The van der Waals surface area contributed by atoms with Crippen LogP contribution in [0, 0.1) is 5.92 Å². The van der Waals surface area contributed by atoms with Gasteiger partial charge in [0.2, 0.25) is 5.79 Å². The molecule has 0 amide bonds. The highest BCUT2D eigenvalue weighted by atomic mass is 16.6. The molecule has 2 aliphatic rings. The topological polar surface area (TPSA) is 75.6 Å². The highest BCUT2D eigenvalue weighted by molar-refractivity contribution is 5.66. The van der Waals surface area contributed by atoms with Gasteiger partial charge in [0, 0.05) is 11.1 Å². The van der Waals surface area contributed by atoms with Gasteiger partial charge in [0.05, 0.1) is 45.9 Å². The summed E-state index contributed by atoms with van der Waals surface area (Å²) in [4.78, 5) is 0. The van der Waals surface area contributed by atoms with Crippen molar-refractivity contribution in [2.75, 3.05) is 28.4 Å². The van der Waals surface area contributed by atoms with E-state index in [-0.39, 0.29) is 0 Å². The standard InChI is InChI=1S/C26H30O7/c1-14-8-17-10-21(28-4)23(30-6)12-19(17)25(32-14)16(3)26(27)20-13-24(31-7)22(29-5)11-18(20)9-15(2)33-26/h8-13,16,25,27H,1-7H3. The van der Waals surface area contributed by atoms with Crippen molar-refractivity contribution in [3.63, 3.8) is 0 Å². The predicted molar refractivity (Wildman–Crippen MR) is 124 cm³/mol. The van der Waals surface area contributed by atoms with Crippen molar-refractivity contribution in [2.45, 2.75) is 32.7 Å². The maximum absolute atomic E-state index is 12.0. The number of methoxy groups -OCH3 is 4. The summed E-state index contributed by atoms with van der Waals surface area (Å²) < 4.78 is 34.3. The van der Waals surface area contributed by atoms with Gasteiger partial charge in [-0.05, 0) is 61.4 Å². The molecule has 0 fully saturated rings. The Labute approximate surface area is 194 Å². The molecule has 4 rings (SSSR count). The molecule has 0 spiro atoms. The first kappa shape index (κ1) is 22.9. The van der Waals surface area contributed by atoms with E-state index in [4.69, 9.17) is 28.4 Å². The van der Waals surface area contributed by atoms with Crippen molar-refractivity contribution >= 4 is 12.2 Å². The molecular weight excluding hydrogens is 424 g/mol. The third-order valence-corrected chi connectivity index (χ3v) is 6.26. The number of fused-ring (bicyclic) bond motifs is 2. The number of hydrogen-bond donors (Lipinski definition) is 1. The molecule has 3 atom stereocenters. The summed E-state index contributed by atoms with van der Waals surface area (Å²) in [7, 11) is 6.34. The Balaban J connectivity index is 1.85. The van der Waals surface area contributed by atoms with E-state index in [1.54, 1.807) is 34.5 Å². The number of hydrogen-bond acceptors (Lipinski definition) is 7. The fourth-order valence-corrected chi connectivity index (χ4v) is 4.59. The molecule has 0 radical (unpaired) electrons. The number of allylic oxidation sites excluding steroid dienone is 2. The summed E-state index contributed by atoms with van der Waals surface area (Å²) in [6.45, 7) is 5.60. The van der Waals surface area contributed by atoms with Gasteiger partial charge in [-0.2, -0.15) is 0 Å². The molecule has 0 saturated carbocycles. The lowest BCUT2D eigenvalue weighted by Gasteiger charge is -2.43. The van der Waals surface area contributed by atoms with Gasteiger partial charge in [-0.25, -0.2) is 0 Å². The van der Waals surface area contributed by atoms with Gasteiger partial charge in [-0.1, -0.05) is 6.92 Å². The van der Waals surface area contributed by atoms with E-state index in [1.807, 2.05) is 51.1 Å². The van der Waals surface area contributed by atoms with E-state index >= 15 is 0 Å². The molecule has 0 aliphatic carbocycles. The number of ether oxygens (including phenoxy) is 6. The van der Waals surface area contributed by atoms with Crippen LogP contribution < -0.4 is 18.9 Å². The normalized spacial score (nSPS) is 21.9. The smallest absolute Gasteiger partial charge is 0.241 e. The van der Waals surface area contributed by atoms with Gasteiger partial charge < -0.3 is 33.5 Å². The quantitative estimate of drug-likeness (QED) is 0.656. The van der Waals surface area contributed by atoms with Gasteiger partial charge in [-0.3, -0.25) is 0 Å². The van der Waals surface area contributed by atoms with E-state index in [9.17, 15) is 5.11 Å². The largest absolute Gasteiger partial charge is 0.493 e. The van der Waals surface area contributed by atoms with Crippen LogP contribution in [0.2, 0.25) is 0 Å². The molecule has 2 heterocycles. The fourth-order valence-electron chi connectivity index (χ4n) is 4.59. The zero-order valence-electron chi connectivity index (χ0n) is 20.0. The lowest BCUT2D eigenvalue weighted by Crippen LogP contribution is -2.42. The third kappa shape index (κ3) is 3.76. The lowest BCUT2D eigenvalue weighted by atomic mass is 9.80. The van der Waals surface area contributed by atoms with Crippen LogP contribution in [0.1, 0.15) is 49.1 Å². The molecular formula is C26H30O7. The number of benzene rings is 2. The molecule has 33 heavy (non-hydrogen) atoms. The van der Waals surface area contributed by atoms with Gasteiger partial charge in [0.15, 0.2) is 23.0 Å². The molecule has 2 aromatic rings. The summed E-state index contributed by atoms with van der Waals surface area (Å²) in [6, 6.07) is 7.41. The summed E-state index contributed by atoms with van der Waals surface area (Å²) in [5.41, 5.74) is 3.18. The van der Waals surface area contributed by atoms with E-state index in [0.717, 1.165) is 22.4 Å². The molecule has 0 bridgehead atoms. The monoisotopic (exact) mass is 454 g/mol. The van der Waals surface area contributed by atoms with Gasteiger partial charge in [0.25, 0.3) is 0 Å². The van der Waals surface area contributed by atoms with Crippen molar-refractivity contribution in [1.82, 2.24) is 0 Å². The lowest BCUT2D eigenvalue weighted by molar-refractivity contribution is -0.242. The fraction of sp³-hybridized carbons (Fsp3) is 0.385. The summed E-state index contributed by atoms with van der Waals surface area (Å²) in [5.74, 6) is 1.41. The van der Waals surface area contributed by atoms with Crippen LogP contribution in [0.4, 0.5) is 0 Å². The summed E-state index contributed by atoms with van der Waals surface area (Å²) in [6.07, 6.45) is 3.30. The molecule has 0 aromatic heterocycles. The van der Waals surface area contributed by atoms with Gasteiger partial charge in [-0.15, -0.1) is 0 Å². The number of aliphatic hydroxyl groups is 1. The Morgan fingerprint density at radius 1 is 0.788 bits per heavy atom. The first-order valence-electron chi connectivity index (χ1n) is 10.7. The molecule has 0 saturated heterocycles. The molecule has 2 aromatic carbocycles. The van der Waals surface area contributed by atoms with Crippen LogP contribution in [0.3, 0.4) is 0 Å². The second-order valence-corrected chi connectivity index (χ2v) is 8.27. The van der Waals surface area contributed by atoms with Crippen molar-refractivity contribution < 1.29 is 33.5 Å². The molecule has 1 N–H and O–H groups in total. The van der Waals surface area contributed by atoms with E-state index in [1.165, 1.54) is 0 Å². The molecule has 7 heteroatoms. The SMILES string of the molecule is COc1cc2c(cc1OC)C(C(C)C1(O)OC(C)=Cc3cc(OC)c(OC)cc31)OC(C)=C2. The van der Waals surface area contributed by atoms with Crippen LogP contribution in [0.25, 0.3) is 12.2 Å². The van der Waals surface area contributed by atoms with Crippen LogP contribution in [-0.4, -0.2) is 33.5 Å². The first-order valence-corrected chi connectivity index (χ1v) is 10.7. The Bertz CT molecular complexity index is 1130. The highest BCUT2D eigenvalue weighted by Crippen LogP contribution is 2.51. The molecule has 3 unspecified atom stereocenters. The summed E-state index contributed by atoms with van der Waals surface area (Å²) in [5, 5.41) is 12.0. The minimum absolute atomic E-state index is 0.505.